The van der Waals surface area contributed by atoms with E-state index in [1.807, 2.05) is 67.6 Å². The van der Waals surface area contributed by atoms with Crippen LogP contribution >= 0.6 is 0 Å². The Morgan fingerprint density at radius 1 is 1.07 bits per heavy atom. The summed E-state index contributed by atoms with van der Waals surface area (Å²) >= 11 is 0. The predicted molar refractivity (Wildman–Crippen MR) is 108 cm³/mol. The molecule has 1 amide bonds. The highest BCUT2D eigenvalue weighted by atomic mass is 16.5. The molecule has 4 aromatic rings. The van der Waals surface area contributed by atoms with Crippen molar-refractivity contribution in [3.63, 3.8) is 0 Å². The first kappa shape index (κ1) is 18.0. The molecule has 142 valence electrons. The predicted octanol–water partition coefficient (Wildman–Crippen LogP) is 5.10. The molecule has 0 saturated heterocycles. The molecule has 0 spiro atoms. The smallest absolute Gasteiger partial charge is 0.289 e. The Kier molecular flexibility index (Phi) is 4.98. The van der Waals surface area contributed by atoms with E-state index in [1.165, 1.54) is 0 Å². The first-order valence-corrected chi connectivity index (χ1v) is 9.37. The lowest BCUT2D eigenvalue weighted by atomic mass is 10.1. The Hall–Kier alpha value is -3.34. The molecule has 0 N–H and O–H groups in total. The van der Waals surface area contributed by atoms with E-state index in [0.29, 0.717) is 12.3 Å². The fourth-order valence-electron chi connectivity index (χ4n) is 3.22. The first-order chi connectivity index (χ1) is 13.6. The summed E-state index contributed by atoms with van der Waals surface area (Å²) in [5.41, 5.74) is 3.74. The molecule has 2 heterocycles. The highest BCUT2D eigenvalue weighted by molar-refractivity contribution is 5.96. The quantitative estimate of drug-likeness (QED) is 0.471. The van der Waals surface area contributed by atoms with Gasteiger partial charge in [-0.1, -0.05) is 47.1 Å². The number of carbonyl (C=O) groups excluding carboxylic acids is 1. The van der Waals surface area contributed by atoms with Crippen LogP contribution < -0.4 is 0 Å². The van der Waals surface area contributed by atoms with E-state index in [9.17, 15) is 4.79 Å². The van der Waals surface area contributed by atoms with Crippen molar-refractivity contribution < 1.29 is 13.7 Å². The summed E-state index contributed by atoms with van der Waals surface area (Å²) in [6.07, 6.45) is 1.50. The van der Waals surface area contributed by atoms with Crippen molar-refractivity contribution in [2.75, 3.05) is 13.6 Å². The molecule has 0 fully saturated rings. The van der Waals surface area contributed by atoms with E-state index in [2.05, 4.69) is 5.16 Å². The number of benzene rings is 2. The molecule has 2 aromatic carbocycles. The van der Waals surface area contributed by atoms with Gasteiger partial charge in [0, 0.05) is 37.0 Å². The molecule has 5 nitrogen and oxygen atoms in total. The van der Waals surface area contributed by atoms with E-state index in [4.69, 9.17) is 8.94 Å². The van der Waals surface area contributed by atoms with Crippen molar-refractivity contribution in [1.82, 2.24) is 10.1 Å². The number of furan rings is 1. The molecular formula is C23H22N2O3. The van der Waals surface area contributed by atoms with Gasteiger partial charge in [0.15, 0.2) is 5.76 Å². The molecular weight excluding hydrogens is 352 g/mol. The third-order valence-corrected chi connectivity index (χ3v) is 4.77. The maximum Gasteiger partial charge on any atom is 0.289 e. The van der Waals surface area contributed by atoms with Gasteiger partial charge in [0.1, 0.15) is 17.0 Å². The van der Waals surface area contributed by atoms with Crippen LogP contribution in [0.15, 0.2) is 69.6 Å². The van der Waals surface area contributed by atoms with Gasteiger partial charge in [-0.05, 0) is 31.5 Å². The summed E-state index contributed by atoms with van der Waals surface area (Å²) in [6, 6.07) is 19.6. The standard InChI is InChI=1S/C23H22N2O3/c1-16-10-11-21-18(13-16)14-22(27-21)23(26)25(2)12-6-9-19-15-20(24-28-19)17-7-4-3-5-8-17/h3-5,7-8,10-11,13-15H,6,9,12H2,1-2H3. The fourth-order valence-corrected chi connectivity index (χ4v) is 3.22. The van der Waals surface area contributed by atoms with Gasteiger partial charge in [-0.25, -0.2) is 0 Å². The molecule has 0 saturated carbocycles. The number of fused-ring (bicyclic) bond motifs is 1. The number of hydrogen-bond donors (Lipinski definition) is 0. The average molecular weight is 374 g/mol. The van der Waals surface area contributed by atoms with Crippen LogP contribution in [0, 0.1) is 6.92 Å². The fraction of sp³-hybridized carbons (Fsp3) is 0.217. The molecule has 0 unspecified atom stereocenters. The van der Waals surface area contributed by atoms with Crippen LogP contribution in [0.25, 0.3) is 22.2 Å². The summed E-state index contributed by atoms with van der Waals surface area (Å²) in [7, 11) is 1.79. The topological polar surface area (TPSA) is 59.5 Å². The maximum atomic E-state index is 12.6. The van der Waals surface area contributed by atoms with Crippen LogP contribution in [0.4, 0.5) is 0 Å². The van der Waals surface area contributed by atoms with Crippen LogP contribution in [0.3, 0.4) is 0 Å². The van der Waals surface area contributed by atoms with Crippen LogP contribution in [-0.4, -0.2) is 29.6 Å². The lowest BCUT2D eigenvalue weighted by Crippen LogP contribution is -2.27. The Morgan fingerprint density at radius 3 is 2.71 bits per heavy atom. The second-order valence-electron chi connectivity index (χ2n) is 7.03. The van der Waals surface area contributed by atoms with Gasteiger partial charge in [-0.3, -0.25) is 4.79 Å². The van der Waals surface area contributed by atoms with E-state index in [0.717, 1.165) is 46.4 Å². The number of hydrogen-bond acceptors (Lipinski definition) is 4. The van der Waals surface area contributed by atoms with Gasteiger partial charge in [0.05, 0.1) is 0 Å². The van der Waals surface area contributed by atoms with E-state index in [1.54, 1.807) is 11.9 Å². The summed E-state index contributed by atoms with van der Waals surface area (Å²) in [5.74, 6) is 1.07. The summed E-state index contributed by atoms with van der Waals surface area (Å²) in [4.78, 5) is 14.3. The van der Waals surface area contributed by atoms with Gasteiger partial charge in [-0.15, -0.1) is 0 Å². The van der Waals surface area contributed by atoms with Gasteiger partial charge >= 0.3 is 0 Å². The van der Waals surface area contributed by atoms with E-state index in [-0.39, 0.29) is 5.91 Å². The molecule has 0 bridgehead atoms. The van der Waals surface area contributed by atoms with Crippen molar-refractivity contribution in [1.29, 1.82) is 0 Å². The number of nitrogens with zero attached hydrogens (tertiary/aromatic N) is 2. The Morgan fingerprint density at radius 2 is 1.89 bits per heavy atom. The van der Waals surface area contributed by atoms with E-state index < -0.39 is 0 Å². The monoisotopic (exact) mass is 374 g/mol. The number of rotatable bonds is 6. The van der Waals surface area contributed by atoms with E-state index >= 15 is 0 Å². The molecule has 0 atom stereocenters. The highest BCUT2D eigenvalue weighted by Gasteiger charge is 2.17. The minimum atomic E-state index is -0.114. The summed E-state index contributed by atoms with van der Waals surface area (Å²) in [6.45, 7) is 2.63. The Labute approximate surface area is 163 Å². The molecule has 4 rings (SSSR count). The zero-order chi connectivity index (χ0) is 19.5. The third kappa shape index (κ3) is 3.83. The van der Waals surface area contributed by atoms with Crippen molar-refractivity contribution >= 4 is 16.9 Å². The zero-order valence-electron chi connectivity index (χ0n) is 16.0. The summed E-state index contributed by atoms with van der Waals surface area (Å²) < 4.78 is 11.1. The molecule has 28 heavy (non-hydrogen) atoms. The second kappa shape index (κ2) is 7.72. The van der Waals surface area contributed by atoms with Crippen LogP contribution in [0.2, 0.25) is 0 Å². The lowest BCUT2D eigenvalue weighted by Gasteiger charge is -2.14. The maximum absolute atomic E-state index is 12.6. The number of aryl methyl sites for hydroxylation is 2. The molecule has 5 heteroatoms. The van der Waals surface area contributed by atoms with Gasteiger partial charge < -0.3 is 13.8 Å². The van der Waals surface area contributed by atoms with Crippen molar-refractivity contribution in [3.05, 3.63) is 77.7 Å². The number of aromatic nitrogens is 1. The normalized spacial score (nSPS) is 11.1. The summed E-state index contributed by atoms with van der Waals surface area (Å²) in [5, 5.41) is 5.08. The largest absolute Gasteiger partial charge is 0.451 e. The lowest BCUT2D eigenvalue weighted by molar-refractivity contribution is 0.0764. The molecule has 0 aliphatic rings. The van der Waals surface area contributed by atoms with Crippen molar-refractivity contribution in [2.45, 2.75) is 19.8 Å². The van der Waals surface area contributed by atoms with Crippen LogP contribution in [-0.2, 0) is 6.42 Å². The average Bonchev–Trinajstić information content (AvgIpc) is 3.34. The van der Waals surface area contributed by atoms with Gasteiger partial charge in [0.2, 0.25) is 0 Å². The Bertz CT molecular complexity index is 1100. The molecule has 0 aliphatic heterocycles. The zero-order valence-corrected chi connectivity index (χ0v) is 16.0. The van der Waals surface area contributed by atoms with Gasteiger partial charge in [0.25, 0.3) is 5.91 Å². The minimum absolute atomic E-state index is 0.114. The number of carbonyl (C=O) groups is 1. The first-order valence-electron chi connectivity index (χ1n) is 9.37. The van der Waals surface area contributed by atoms with Crippen LogP contribution in [0.5, 0.6) is 0 Å². The SMILES string of the molecule is Cc1ccc2oc(C(=O)N(C)CCCc3cc(-c4ccccc4)no3)cc2c1. The second-order valence-corrected chi connectivity index (χ2v) is 7.03. The van der Waals surface area contributed by atoms with Crippen LogP contribution in [0.1, 0.15) is 28.3 Å². The number of amides is 1. The van der Waals surface area contributed by atoms with Crippen molar-refractivity contribution in [2.24, 2.45) is 0 Å². The minimum Gasteiger partial charge on any atom is -0.451 e. The Balaban J connectivity index is 1.34. The molecule has 2 aromatic heterocycles. The molecule has 0 aliphatic carbocycles. The van der Waals surface area contributed by atoms with Crippen molar-refractivity contribution in [3.8, 4) is 11.3 Å². The molecule has 0 radical (unpaired) electrons. The third-order valence-electron chi connectivity index (χ3n) is 4.77. The highest BCUT2D eigenvalue weighted by Crippen LogP contribution is 2.22. The van der Waals surface area contributed by atoms with Gasteiger partial charge in [-0.2, -0.15) is 0 Å².